The van der Waals surface area contributed by atoms with Crippen LogP contribution in [0.5, 0.6) is 0 Å². The molecule has 0 atom stereocenters. The summed E-state index contributed by atoms with van der Waals surface area (Å²) in [7, 11) is -3.70. The third kappa shape index (κ3) is 3.28. The Morgan fingerprint density at radius 3 is 2.61 bits per heavy atom. The van der Waals surface area contributed by atoms with E-state index in [2.05, 4.69) is 4.72 Å². The molecule has 0 aliphatic carbocycles. The third-order valence-electron chi connectivity index (χ3n) is 2.44. The quantitative estimate of drug-likeness (QED) is 0.684. The van der Waals surface area contributed by atoms with E-state index in [0.717, 1.165) is 0 Å². The van der Waals surface area contributed by atoms with Crippen molar-refractivity contribution < 1.29 is 18.3 Å². The lowest BCUT2D eigenvalue weighted by Gasteiger charge is -2.09. The maximum absolute atomic E-state index is 11.8. The molecule has 0 aromatic heterocycles. The molecule has 100 valence electrons. The highest BCUT2D eigenvalue weighted by atomic mass is 32.2. The summed E-state index contributed by atoms with van der Waals surface area (Å²) in [5.74, 6) is -1.14. The molecule has 0 heterocycles. The molecule has 0 spiro atoms. The van der Waals surface area contributed by atoms with Gasteiger partial charge in [-0.25, -0.2) is 17.9 Å². The predicted octanol–water partition coefficient (Wildman–Crippen LogP) is 0.184. The average Bonchev–Trinajstić information content (AvgIpc) is 2.35. The minimum atomic E-state index is -3.70. The molecule has 1 aromatic rings. The van der Waals surface area contributed by atoms with Crippen LogP contribution in [0.15, 0.2) is 23.1 Å². The number of benzene rings is 1. The van der Waals surface area contributed by atoms with Gasteiger partial charge in [0.1, 0.15) is 0 Å². The van der Waals surface area contributed by atoms with Crippen molar-refractivity contribution in [1.29, 1.82) is 0 Å². The van der Waals surface area contributed by atoms with Crippen molar-refractivity contribution in [2.45, 2.75) is 18.2 Å². The molecule has 0 radical (unpaired) electrons. The van der Waals surface area contributed by atoms with Crippen LogP contribution in [0, 0.1) is 0 Å². The van der Waals surface area contributed by atoms with Crippen molar-refractivity contribution in [3.05, 3.63) is 29.3 Å². The number of carbonyl (C=O) groups is 1. The summed E-state index contributed by atoms with van der Waals surface area (Å²) in [4.78, 5) is 11.0. The van der Waals surface area contributed by atoms with Crippen LogP contribution in [-0.2, 0) is 16.4 Å². The van der Waals surface area contributed by atoms with Gasteiger partial charge in [0, 0.05) is 13.1 Å². The van der Waals surface area contributed by atoms with E-state index in [9.17, 15) is 13.2 Å². The fraction of sp³-hybridized carbons (Fsp3) is 0.364. The summed E-state index contributed by atoms with van der Waals surface area (Å²) < 4.78 is 25.9. The maximum Gasteiger partial charge on any atom is 0.336 e. The summed E-state index contributed by atoms with van der Waals surface area (Å²) >= 11 is 0. The Balaban J connectivity index is 3.20. The van der Waals surface area contributed by atoms with Crippen molar-refractivity contribution in [3.63, 3.8) is 0 Å². The lowest BCUT2D eigenvalue weighted by molar-refractivity contribution is 0.0695. The largest absolute Gasteiger partial charge is 0.478 e. The Bertz CT molecular complexity index is 540. The third-order valence-corrected chi connectivity index (χ3v) is 3.90. The van der Waals surface area contributed by atoms with E-state index >= 15 is 0 Å². The van der Waals surface area contributed by atoms with Gasteiger partial charge in [0.05, 0.1) is 10.5 Å². The van der Waals surface area contributed by atoms with E-state index in [-0.39, 0.29) is 23.5 Å². The minimum absolute atomic E-state index is 0.00752. The van der Waals surface area contributed by atoms with Crippen LogP contribution < -0.4 is 10.5 Å². The maximum atomic E-state index is 11.8. The average molecular weight is 272 g/mol. The Hall–Kier alpha value is -1.44. The normalized spacial score (nSPS) is 11.4. The number of carboxylic acids is 1. The molecular weight excluding hydrogens is 256 g/mol. The van der Waals surface area contributed by atoms with E-state index in [4.69, 9.17) is 10.8 Å². The topological polar surface area (TPSA) is 109 Å². The second kappa shape index (κ2) is 5.94. The molecule has 4 N–H and O–H groups in total. The lowest BCUT2D eigenvalue weighted by Crippen LogP contribution is -2.29. The van der Waals surface area contributed by atoms with Gasteiger partial charge in [0.15, 0.2) is 0 Å². The van der Waals surface area contributed by atoms with Gasteiger partial charge in [0.2, 0.25) is 10.0 Å². The molecule has 0 unspecified atom stereocenters. The monoisotopic (exact) mass is 272 g/mol. The zero-order chi connectivity index (χ0) is 13.8. The van der Waals surface area contributed by atoms with Crippen LogP contribution >= 0.6 is 0 Å². The first-order valence-electron chi connectivity index (χ1n) is 5.48. The molecular formula is C11H16N2O4S. The smallest absolute Gasteiger partial charge is 0.336 e. The van der Waals surface area contributed by atoms with Crippen LogP contribution in [-0.4, -0.2) is 32.6 Å². The minimum Gasteiger partial charge on any atom is -0.478 e. The van der Waals surface area contributed by atoms with Crippen molar-refractivity contribution in [3.8, 4) is 0 Å². The van der Waals surface area contributed by atoms with Gasteiger partial charge in [-0.3, -0.25) is 0 Å². The van der Waals surface area contributed by atoms with E-state index in [1.165, 1.54) is 18.2 Å². The second-order valence-electron chi connectivity index (χ2n) is 3.66. The molecule has 0 aliphatic heterocycles. The van der Waals surface area contributed by atoms with Gasteiger partial charge < -0.3 is 10.8 Å². The molecule has 0 fully saturated rings. The van der Waals surface area contributed by atoms with Crippen molar-refractivity contribution in [2.24, 2.45) is 5.73 Å². The standard InChI is InChI=1S/C11H16N2O4S/c1-2-8-3-4-9(7-10(8)11(14)15)18(16,17)13-6-5-12/h3-4,7,13H,2,5-6,12H2,1H3,(H,14,15). The molecule has 7 heteroatoms. The highest BCUT2D eigenvalue weighted by Gasteiger charge is 2.17. The Morgan fingerprint density at radius 2 is 2.11 bits per heavy atom. The highest BCUT2D eigenvalue weighted by Crippen LogP contribution is 2.16. The van der Waals surface area contributed by atoms with Crippen LogP contribution in [0.1, 0.15) is 22.8 Å². The van der Waals surface area contributed by atoms with Gasteiger partial charge in [0.25, 0.3) is 0 Å². The summed E-state index contributed by atoms with van der Waals surface area (Å²) in [6.07, 6.45) is 0.526. The van der Waals surface area contributed by atoms with Crippen LogP contribution in [0.25, 0.3) is 0 Å². The molecule has 0 saturated carbocycles. The zero-order valence-electron chi connectivity index (χ0n) is 10.0. The first-order chi connectivity index (χ1) is 8.42. The van der Waals surface area contributed by atoms with Crippen LogP contribution in [0.3, 0.4) is 0 Å². The van der Waals surface area contributed by atoms with Gasteiger partial charge in [-0.1, -0.05) is 13.0 Å². The number of nitrogens with two attached hydrogens (primary N) is 1. The summed E-state index contributed by atoms with van der Waals surface area (Å²) in [6, 6.07) is 4.07. The summed E-state index contributed by atoms with van der Waals surface area (Å²) in [6.45, 7) is 2.10. The Morgan fingerprint density at radius 1 is 1.44 bits per heavy atom. The predicted molar refractivity (Wildman–Crippen MR) is 67.0 cm³/mol. The van der Waals surface area contributed by atoms with Gasteiger partial charge >= 0.3 is 5.97 Å². The molecule has 0 saturated heterocycles. The SMILES string of the molecule is CCc1ccc(S(=O)(=O)NCCN)cc1C(=O)O. The van der Waals surface area contributed by atoms with Crippen LogP contribution in [0.4, 0.5) is 0 Å². The van der Waals surface area contributed by atoms with E-state index in [1.807, 2.05) is 6.92 Å². The Labute approximate surface area is 106 Å². The lowest BCUT2D eigenvalue weighted by atomic mass is 10.1. The number of hydrogen-bond donors (Lipinski definition) is 3. The molecule has 0 amide bonds. The number of aryl methyl sites for hydroxylation is 1. The highest BCUT2D eigenvalue weighted by molar-refractivity contribution is 7.89. The molecule has 0 bridgehead atoms. The first-order valence-corrected chi connectivity index (χ1v) is 6.96. The molecule has 0 aliphatic rings. The van der Waals surface area contributed by atoms with E-state index in [1.54, 1.807) is 0 Å². The number of hydrogen-bond acceptors (Lipinski definition) is 4. The van der Waals surface area contributed by atoms with Gasteiger partial charge in [-0.15, -0.1) is 0 Å². The number of carboxylic acid groups (broad SMARTS) is 1. The van der Waals surface area contributed by atoms with Crippen LogP contribution in [0.2, 0.25) is 0 Å². The van der Waals surface area contributed by atoms with Gasteiger partial charge in [-0.2, -0.15) is 0 Å². The molecule has 6 nitrogen and oxygen atoms in total. The van der Waals surface area contributed by atoms with Crippen molar-refractivity contribution >= 4 is 16.0 Å². The molecule has 18 heavy (non-hydrogen) atoms. The van der Waals surface area contributed by atoms with Gasteiger partial charge in [-0.05, 0) is 24.1 Å². The van der Waals surface area contributed by atoms with Crippen molar-refractivity contribution in [2.75, 3.05) is 13.1 Å². The number of nitrogens with one attached hydrogen (secondary N) is 1. The number of aromatic carboxylic acids is 1. The number of rotatable bonds is 6. The summed E-state index contributed by atoms with van der Waals surface area (Å²) in [5, 5.41) is 9.03. The number of sulfonamides is 1. The van der Waals surface area contributed by atoms with E-state index in [0.29, 0.717) is 12.0 Å². The fourth-order valence-corrected chi connectivity index (χ4v) is 2.58. The second-order valence-corrected chi connectivity index (χ2v) is 5.43. The Kier molecular flexibility index (Phi) is 4.83. The zero-order valence-corrected chi connectivity index (χ0v) is 10.8. The van der Waals surface area contributed by atoms with E-state index < -0.39 is 16.0 Å². The molecule has 1 aromatic carbocycles. The first kappa shape index (κ1) is 14.6. The van der Waals surface area contributed by atoms with Crippen molar-refractivity contribution in [1.82, 2.24) is 4.72 Å². The molecule has 1 rings (SSSR count). The fourth-order valence-electron chi connectivity index (χ4n) is 1.51. The summed E-state index contributed by atoms with van der Waals surface area (Å²) in [5.41, 5.74) is 5.82.